The number of hydrogen-bond donors (Lipinski definition) is 0. The summed E-state index contributed by atoms with van der Waals surface area (Å²) in [5.74, 6) is -0.772. The number of nitrogens with zero attached hydrogens (tertiary/aromatic N) is 1. The van der Waals surface area contributed by atoms with Gasteiger partial charge in [-0.25, -0.2) is 8.78 Å². The quantitative estimate of drug-likeness (QED) is 0.767. The van der Waals surface area contributed by atoms with Gasteiger partial charge in [0, 0.05) is 24.0 Å². The lowest BCUT2D eigenvalue weighted by Gasteiger charge is -2.33. The van der Waals surface area contributed by atoms with Gasteiger partial charge in [0.2, 0.25) is 5.91 Å². The highest BCUT2D eigenvalue weighted by Gasteiger charge is 2.25. The first kappa shape index (κ1) is 15.4. The number of hydrogen-bond acceptors (Lipinski definition) is 1. The average molecular weight is 346 g/mol. The normalized spacial score (nSPS) is 18.1. The van der Waals surface area contributed by atoms with E-state index in [1.165, 1.54) is 12.1 Å². The van der Waals surface area contributed by atoms with Crippen LogP contribution in [-0.2, 0) is 11.2 Å². The summed E-state index contributed by atoms with van der Waals surface area (Å²) in [6, 6.07) is 3.35. The third-order valence-corrected chi connectivity index (χ3v) is 4.65. The summed E-state index contributed by atoms with van der Waals surface area (Å²) in [4.78, 5) is 14.4. The molecule has 1 aliphatic rings. The van der Waals surface area contributed by atoms with Gasteiger partial charge in [0.25, 0.3) is 0 Å². The number of piperidine rings is 1. The van der Waals surface area contributed by atoms with Crippen LogP contribution in [-0.4, -0.2) is 28.7 Å². The van der Waals surface area contributed by atoms with Crippen molar-refractivity contribution in [3.8, 4) is 0 Å². The average Bonchev–Trinajstić information content (AvgIpc) is 2.42. The highest BCUT2D eigenvalue weighted by molar-refractivity contribution is 9.09. The van der Waals surface area contributed by atoms with E-state index in [-0.39, 0.29) is 17.9 Å². The zero-order chi connectivity index (χ0) is 14.7. The highest BCUT2D eigenvalue weighted by atomic mass is 79.9. The maximum Gasteiger partial charge on any atom is 0.227 e. The predicted molar refractivity (Wildman–Crippen MR) is 77.8 cm³/mol. The van der Waals surface area contributed by atoms with Crippen LogP contribution in [0.15, 0.2) is 18.2 Å². The molecule has 0 bridgehead atoms. The Morgan fingerprint density at radius 3 is 2.60 bits per heavy atom. The molecule has 0 radical (unpaired) electrons. The van der Waals surface area contributed by atoms with E-state index < -0.39 is 11.6 Å². The van der Waals surface area contributed by atoms with E-state index in [1.807, 2.05) is 0 Å². The molecule has 0 aromatic heterocycles. The van der Waals surface area contributed by atoms with Gasteiger partial charge in [-0.05, 0) is 30.4 Å². The molecule has 0 N–H and O–H groups in total. The lowest BCUT2D eigenvalue weighted by atomic mass is 9.94. The van der Waals surface area contributed by atoms with Crippen molar-refractivity contribution in [3.05, 3.63) is 35.4 Å². The molecule has 1 aliphatic heterocycles. The molecule has 1 amide bonds. The summed E-state index contributed by atoms with van der Waals surface area (Å²) in [5.41, 5.74) is 0.257. The van der Waals surface area contributed by atoms with Crippen molar-refractivity contribution >= 4 is 21.8 Å². The van der Waals surface area contributed by atoms with Crippen LogP contribution in [0.2, 0.25) is 0 Å². The maximum absolute atomic E-state index is 13.5. The second kappa shape index (κ2) is 6.66. The Labute approximate surface area is 126 Å². The molecule has 20 heavy (non-hydrogen) atoms. The van der Waals surface area contributed by atoms with Crippen LogP contribution in [0.25, 0.3) is 0 Å². The molecule has 1 heterocycles. The second-order valence-corrected chi connectivity index (χ2v) is 6.75. The summed E-state index contributed by atoms with van der Waals surface area (Å²) >= 11 is 3.57. The molecule has 1 aromatic rings. The number of halogens is 3. The fraction of sp³-hybridized carbons (Fsp3) is 0.533. The minimum absolute atomic E-state index is 0.000641. The molecule has 1 saturated heterocycles. The van der Waals surface area contributed by atoms with E-state index in [0.29, 0.717) is 23.8 Å². The molecule has 1 atom stereocenters. The van der Waals surface area contributed by atoms with E-state index in [2.05, 4.69) is 22.9 Å². The maximum atomic E-state index is 13.5. The minimum Gasteiger partial charge on any atom is -0.342 e. The van der Waals surface area contributed by atoms with Gasteiger partial charge < -0.3 is 4.90 Å². The SMILES string of the molecule is CC(Br)C1CCN(C(=O)Cc2ccc(F)cc2F)CC1. The van der Waals surface area contributed by atoms with Gasteiger partial charge in [0.15, 0.2) is 0 Å². The Morgan fingerprint density at radius 1 is 1.40 bits per heavy atom. The molecule has 110 valence electrons. The van der Waals surface area contributed by atoms with Crippen molar-refractivity contribution in [2.45, 2.75) is 31.0 Å². The first-order valence-corrected chi connectivity index (χ1v) is 7.74. The topological polar surface area (TPSA) is 20.3 Å². The predicted octanol–water partition coefficient (Wildman–Crippen LogP) is 3.53. The van der Waals surface area contributed by atoms with Crippen LogP contribution in [0.4, 0.5) is 8.78 Å². The monoisotopic (exact) mass is 345 g/mol. The third kappa shape index (κ3) is 3.78. The summed E-state index contributed by atoms with van der Waals surface area (Å²) in [6.07, 6.45) is 1.93. The summed E-state index contributed by atoms with van der Waals surface area (Å²) in [5, 5.41) is 0. The van der Waals surface area contributed by atoms with Crippen molar-refractivity contribution in [2.75, 3.05) is 13.1 Å². The van der Waals surface area contributed by atoms with Crippen molar-refractivity contribution in [2.24, 2.45) is 5.92 Å². The smallest absolute Gasteiger partial charge is 0.227 e. The number of rotatable bonds is 3. The van der Waals surface area contributed by atoms with Gasteiger partial charge >= 0.3 is 0 Å². The molecule has 0 aliphatic carbocycles. The van der Waals surface area contributed by atoms with Crippen LogP contribution < -0.4 is 0 Å². The van der Waals surface area contributed by atoms with Gasteiger partial charge in [-0.2, -0.15) is 0 Å². The molecular weight excluding hydrogens is 328 g/mol. The van der Waals surface area contributed by atoms with Crippen molar-refractivity contribution in [1.82, 2.24) is 4.90 Å². The van der Waals surface area contributed by atoms with Crippen molar-refractivity contribution < 1.29 is 13.6 Å². The Hall–Kier alpha value is -0.970. The van der Waals surface area contributed by atoms with E-state index in [0.717, 1.165) is 18.9 Å². The Balaban J connectivity index is 1.93. The van der Waals surface area contributed by atoms with E-state index in [1.54, 1.807) is 4.90 Å². The van der Waals surface area contributed by atoms with Gasteiger partial charge in [-0.3, -0.25) is 4.79 Å². The lowest BCUT2D eigenvalue weighted by molar-refractivity contribution is -0.131. The lowest BCUT2D eigenvalue weighted by Crippen LogP contribution is -2.40. The Morgan fingerprint density at radius 2 is 2.05 bits per heavy atom. The summed E-state index contributed by atoms with van der Waals surface area (Å²) in [7, 11) is 0. The van der Waals surface area contributed by atoms with Crippen LogP contribution in [0.5, 0.6) is 0 Å². The first-order valence-electron chi connectivity index (χ1n) is 6.83. The van der Waals surface area contributed by atoms with Crippen molar-refractivity contribution in [3.63, 3.8) is 0 Å². The molecule has 1 fully saturated rings. The van der Waals surface area contributed by atoms with Gasteiger partial charge in [0.1, 0.15) is 11.6 Å². The fourth-order valence-corrected chi connectivity index (χ4v) is 3.08. The number of carbonyl (C=O) groups is 1. The van der Waals surface area contributed by atoms with Crippen LogP contribution in [0, 0.1) is 17.6 Å². The number of benzene rings is 1. The highest BCUT2D eigenvalue weighted by Crippen LogP contribution is 2.25. The van der Waals surface area contributed by atoms with Gasteiger partial charge in [0.05, 0.1) is 6.42 Å². The van der Waals surface area contributed by atoms with Crippen molar-refractivity contribution in [1.29, 1.82) is 0 Å². The van der Waals surface area contributed by atoms with E-state index in [4.69, 9.17) is 0 Å². The standard InChI is InChI=1S/C15H18BrF2NO/c1-10(16)11-4-6-19(7-5-11)15(20)8-12-2-3-13(17)9-14(12)18/h2-3,9-11H,4-8H2,1H3. The van der Waals surface area contributed by atoms with Gasteiger partial charge in [-0.15, -0.1) is 0 Å². The number of amides is 1. The molecule has 1 unspecified atom stereocenters. The molecule has 2 nitrogen and oxygen atoms in total. The minimum atomic E-state index is -0.651. The Kier molecular flexibility index (Phi) is 5.13. The number of carbonyl (C=O) groups excluding carboxylic acids is 1. The molecule has 2 rings (SSSR count). The van der Waals surface area contributed by atoms with Crippen LogP contribution in [0.3, 0.4) is 0 Å². The summed E-state index contributed by atoms with van der Waals surface area (Å²) in [6.45, 7) is 3.54. The van der Waals surface area contributed by atoms with E-state index in [9.17, 15) is 13.6 Å². The van der Waals surface area contributed by atoms with Gasteiger partial charge in [-0.1, -0.05) is 28.9 Å². The molecule has 0 spiro atoms. The molecule has 0 saturated carbocycles. The third-order valence-electron chi connectivity index (χ3n) is 3.90. The zero-order valence-corrected chi connectivity index (χ0v) is 13.0. The second-order valence-electron chi connectivity index (χ2n) is 5.31. The fourth-order valence-electron chi connectivity index (χ4n) is 2.55. The largest absolute Gasteiger partial charge is 0.342 e. The van der Waals surface area contributed by atoms with Crippen LogP contribution in [0.1, 0.15) is 25.3 Å². The summed E-state index contributed by atoms with van der Waals surface area (Å²) < 4.78 is 26.3. The van der Waals surface area contributed by atoms with E-state index >= 15 is 0 Å². The number of likely N-dealkylation sites (tertiary alicyclic amines) is 1. The zero-order valence-electron chi connectivity index (χ0n) is 11.4. The molecule has 5 heteroatoms. The number of alkyl halides is 1. The first-order chi connectivity index (χ1) is 9.47. The molecule has 1 aromatic carbocycles. The van der Waals surface area contributed by atoms with Crippen LogP contribution >= 0.6 is 15.9 Å². The molecular formula is C15H18BrF2NO. The Bertz CT molecular complexity index is 485.